The highest BCUT2D eigenvalue weighted by molar-refractivity contribution is 4.82. The molecule has 8 heavy (non-hydrogen) atoms. The summed E-state index contributed by atoms with van der Waals surface area (Å²) in [6.45, 7) is 0.149. The summed E-state index contributed by atoms with van der Waals surface area (Å²) >= 11 is 0. The van der Waals surface area contributed by atoms with Crippen LogP contribution < -0.4 is 5.48 Å². The highest BCUT2D eigenvalue weighted by Crippen LogP contribution is 1.94. The van der Waals surface area contributed by atoms with Gasteiger partial charge in [0.2, 0.25) is 0 Å². The van der Waals surface area contributed by atoms with E-state index in [0.29, 0.717) is 0 Å². The fraction of sp³-hybridized carbons (Fsp3) is 0.333. The second-order valence-electron chi connectivity index (χ2n) is 1.17. The minimum Gasteiger partial charge on any atom is -0.358 e. The van der Waals surface area contributed by atoms with Gasteiger partial charge in [-0.1, -0.05) is 0 Å². The Morgan fingerprint density at radius 2 is 2.75 bits per heavy atom. The molecule has 0 spiro atoms. The third kappa shape index (κ3) is 0.760. The van der Waals surface area contributed by atoms with E-state index in [-0.39, 0.29) is 12.4 Å². The van der Waals surface area contributed by atoms with Crippen LogP contribution >= 0.6 is 0 Å². The molecule has 1 heterocycles. The Balaban J connectivity index is 2.57. The molecule has 0 aromatic carbocycles. The van der Waals surface area contributed by atoms with Crippen molar-refractivity contribution >= 4 is 0 Å². The van der Waals surface area contributed by atoms with Crippen molar-refractivity contribution < 1.29 is 9.76 Å². The quantitative estimate of drug-likeness (QED) is 0.367. The zero-order valence-corrected chi connectivity index (χ0v) is 3.88. The Bertz CT molecular complexity index is 141. The molecule has 43 valence electrons. The van der Waals surface area contributed by atoms with Gasteiger partial charge in [-0.3, -0.25) is 0 Å². The van der Waals surface area contributed by atoms with Gasteiger partial charge in [0.05, 0.1) is 6.08 Å². The van der Waals surface area contributed by atoms with Crippen LogP contribution in [-0.2, 0) is 4.84 Å². The molecule has 0 amide bonds. The molecule has 1 aliphatic rings. The summed E-state index contributed by atoms with van der Waals surface area (Å²) in [5, 5.41) is 9.77. The molecule has 0 atom stereocenters. The van der Waals surface area contributed by atoms with Gasteiger partial charge in [0.15, 0.2) is 0 Å². The summed E-state index contributed by atoms with van der Waals surface area (Å²) in [6, 6.07) is 0. The first kappa shape index (κ1) is 5.04. The highest BCUT2D eigenvalue weighted by atomic mass is 16.7. The molecule has 0 bridgehead atoms. The number of hydroxylamine groups is 1. The number of nitrogens with zero attached hydrogens (tertiary/aromatic N) is 1. The Labute approximate surface area is 45.0 Å². The van der Waals surface area contributed by atoms with E-state index in [1.807, 2.05) is 0 Å². The Kier molecular flexibility index (Phi) is 1.13. The summed E-state index contributed by atoms with van der Waals surface area (Å²) in [4.78, 5) is 13.6. The SMILES string of the molecule is O=[N+]([O-])C1=[C]CON1. The lowest BCUT2D eigenvalue weighted by Gasteiger charge is -1.89. The van der Waals surface area contributed by atoms with E-state index in [1.165, 1.54) is 0 Å². The molecule has 1 N–H and O–H groups in total. The van der Waals surface area contributed by atoms with E-state index in [9.17, 15) is 10.1 Å². The van der Waals surface area contributed by atoms with E-state index in [1.54, 1.807) is 0 Å². The third-order valence-corrected chi connectivity index (χ3v) is 0.663. The predicted molar refractivity (Wildman–Crippen MR) is 22.8 cm³/mol. The van der Waals surface area contributed by atoms with Crippen LogP contribution in [0.25, 0.3) is 0 Å². The summed E-state index contributed by atoms with van der Waals surface area (Å²) in [5.41, 5.74) is 2.06. The van der Waals surface area contributed by atoms with E-state index in [2.05, 4.69) is 16.4 Å². The smallest absolute Gasteiger partial charge is 0.352 e. The van der Waals surface area contributed by atoms with Crippen molar-refractivity contribution in [2.24, 2.45) is 0 Å². The average molecular weight is 115 g/mol. The molecule has 0 fully saturated rings. The number of nitro groups is 1. The fourth-order valence-electron chi connectivity index (χ4n) is 0.347. The van der Waals surface area contributed by atoms with E-state index in [0.717, 1.165) is 0 Å². The fourth-order valence-corrected chi connectivity index (χ4v) is 0.347. The lowest BCUT2D eigenvalue weighted by Crippen LogP contribution is -2.12. The second kappa shape index (κ2) is 1.79. The minimum absolute atomic E-state index is 0.149. The van der Waals surface area contributed by atoms with Crippen molar-refractivity contribution in [3.8, 4) is 0 Å². The van der Waals surface area contributed by atoms with Crippen LogP contribution in [0.4, 0.5) is 0 Å². The van der Waals surface area contributed by atoms with E-state index >= 15 is 0 Å². The van der Waals surface area contributed by atoms with Gasteiger partial charge in [-0.15, -0.1) is 5.48 Å². The molecule has 0 aromatic rings. The maximum Gasteiger partial charge on any atom is 0.352 e. The van der Waals surface area contributed by atoms with Gasteiger partial charge in [0.1, 0.15) is 6.61 Å². The lowest BCUT2D eigenvalue weighted by molar-refractivity contribution is -0.437. The summed E-state index contributed by atoms with van der Waals surface area (Å²) in [5.74, 6) is -0.204. The van der Waals surface area contributed by atoms with Crippen molar-refractivity contribution in [3.05, 3.63) is 22.0 Å². The molecule has 0 aliphatic carbocycles. The van der Waals surface area contributed by atoms with Crippen LogP contribution in [0.2, 0.25) is 0 Å². The van der Waals surface area contributed by atoms with Crippen molar-refractivity contribution in [1.82, 2.24) is 5.48 Å². The summed E-state index contributed by atoms with van der Waals surface area (Å²) in [6.07, 6.45) is 2.34. The van der Waals surface area contributed by atoms with Crippen molar-refractivity contribution in [2.75, 3.05) is 6.61 Å². The van der Waals surface area contributed by atoms with Crippen molar-refractivity contribution in [1.29, 1.82) is 0 Å². The molecule has 1 aliphatic heterocycles. The van der Waals surface area contributed by atoms with Crippen LogP contribution in [0.1, 0.15) is 0 Å². The number of hydrogen-bond donors (Lipinski definition) is 1. The zero-order valence-electron chi connectivity index (χ0n) is 3.88. The maximum absolute atomic E-state index is 9.77. The largest absolute Gasteiger partial charge is 0.358 e. The lowest BCUT2D eigenvalue weighted by atomic mass is 10.6. The topological polar surface area (TPSA) is 64.4 Å². The van der Waals surface area contributed by atoms with Gasteiger partial charge in [0.25, 0.3) is 0 Å². The monoisotopic (exact) mass is 115 g/mol. The van der Waals surface area contributed by atoms with Gasteiger partial charge >= 0.3 is 5.82 Å². The van der Waals surface area contributed by atoms with Crippen LogP contribution in [0, 0.1) is 16.2 Å². The molecular formula is C3H3N2O3. The zero-order chi connectivity index (χ0) is 5.98. The Morgan fingerprint density at radius 3 is 3.00 bits per heavy atom. The van der Waals surface area contributed by atoms with Gasteiger partial charge in [-0.05, 0) is 4.92 Å². The standard InChI is InChI=1S/C3H3N2O3/c6-5(7)3-1-2-8-4-3/h4H,2H2. The van der Waals surface area contributed by atoms with E-state index in [4.69, 9.17) is 0 Å². The number of rotatable bonds is 1. The molecule has 5 nitrogen and oxygen atoms in total. The molecule has 1 radical (unpaired) electrons. The molecule has 0 saturated carbocycles. The second-order valence-corrected chi connectivity index (χ2v) is 1.17. The maximum atomic E-state index is 9.77. The summed E-state index contributed by atoms with van der Waals surface area (Å²) in [7, 11) is 0. The van der Waals surface area contributed by atoms with Gasteiger partial charge in [-0.25, -0.2) is 0 Å². The van der Waals surface area contributed by atoms with Crippen LogP contribution in [0.15, 0.2) is 5.82 Å². The van der Waals surface area contributed by atoms with Gasteiger partial charge in [-0.2, -0.15) is 4.84 Å². The van der Waals surface area contributed by atoms with Crippen LogP contribution in [-0.4, -0.2) is 11.5 Å². The predicted octanol–water partition coefficient (Wildman–Crippen LogP) is -0.558. The Morgan fingerprint density at radius 1 is 2.00 bits per heavy atom. The molecular weight excluding hydrogens is 112 g/mol. The van der Waals surface area contributed by atoms with Crippen LogP contribution in [0.5, 0.6) is 0 Å². The normalized spacial score (nSPS) is 17.2. The molecule has 0 aromatic heterocycles. The number of nitrogens with one attached hydrogen (secondary N) is 1. The molecule has 0 saturated heterocycles. The van der Waals surface area contributed by atoms with Gasteiger partial charge in [0, 0.05) is 0 Å². The van der Waals surface area contributed by atoms with Crippen molar-refractivity contribution in [3.63, 3.8) is 0 Å². The molecule has 5 heteroatoms. The van der Waals surface area contributed by atoms with Crippen molar-refractivity contribution in [2.45, 2.75) is 0 Å². The average Bonchev–Trinajstić information content (AvgIpc) is 2.12. The van der Waals surface area contributed by atoms with E-state index < -0.39 is 4.92 Å². The minimum atomic E-state index is -0.590. The number of hydrogen-bond acceptors (Lipinski definition) is 4. The molecule has 0 unspecified atom stereocenters. The first-order valence-corrected chi connectivity index (χ1v) is 1.94. The molecule has 1 rings (SSSR count). The first-order chi connectivity index (χ1) is 3.80. The first-order valence-electron chi connectivity index (χ1n) is 1.94. The summed E-state index contributed by atoms with van der Waals surface area (Å²) < 4.78 is 0. The Hall–Kier alpha value is -1.10. The third-order valence-electron chi connectivity index (χ3n) is 0.663. The highest BCUT2D eigenvalue weighted by Gasteiger charge is 2.14. The van der Waals surface area contributed by atoms with Crippen LogP contribution in [0.3, 0.4) is 0 Å². The van der Waals surface area contributed by atoms with Gasteiger partial charge < -0.3 is 10.1 Å².